The number of rotatable bonds is 10. The second-order valence-corrected chi connectivity index (χ2v) is 7.01. The maximum atomic E-state index is 12.2. The van der Waals surface area contributed by atoms with Crippen molar-refractivity contribution >= 4 is 11.7 Å². The second kappa shape index (κ2) is 9.93. The summed E-state index contributed by atoms with van der Waals surface area (Å²) in [6.07, 6.45) is 1.16. The first-order valence-corrected chi connectivity index (χ1v) is 8.21. The highest BCUT2D eigenvalue weighted by Crippen LogP contribution is 2.16. The van der Waals surface area contributed by atoms with Crippen molar-refractivity contribution in [3.05, 3.63) is 0 Å². The lowest BCUT2D eigenvalue weighted by Gasteiger charge is -2.27. The minimum absolute atomic E-state index is 0.0335. The fourth-order valence-corrected chi connectivity index (χ4v) is 2.32. The van der Waals surface area contributed by atoms with Gasteiger partial charge in [0.1, 0.15) is 5.78 Å². The van der Waals surface area contributed by atoms with Gasteiger partial charge in [0.25, 0.3) is 0 Å². The molecule has 0 saturated carbocycles. The van der Waals surface area contributed by atoms with Gasteiger partial charge in [-0.05, 0) is 12.3 Å². The molecule has 124 valence electrons. The molecule has 2 N–H and O–H groups in total. The van der Waals surface area contributed by atoms with Crippen LogP contribution in [-0.2, 0) is 9.59 Å². The van der Waals surface area contributed by atoms with Crippen molar-refractivity contribution in [1.29, 1.82) is 0 Å². The Morgan fingerprint density at radius 1 is 0.952 bits per heavy atom. The number of carbonyl (C=O) groups excluding carboxylic acids is 2. The fourth-order valence-electron chi connectivity index (χ4n) is 2.32. The average molecular weight is 298 g/mol. The van der Waals surface area contributed by atoms with E-state index in [9.17, 15) is 9.59 Å². The van der Waals surface area contributed by atoms with E-state index in [2.05, 4.69) is 38.3 Å². The summed E-state index contributed by atoms with van der Waals surface area (Å²) in [7, 11) is 0. The molecule has 0 spiro atoms. The van der Waals surface area contributed by atoms with Crippen LogP contribution in [0.4, 0.5) is 0 Å². The second-order valence-electron chi connectivity index (χ2n) is 7.01. The molecule has 0 fully saturated rings. The van der Waals surface area contributed by atoms with Gasteiger partial charge < -0.3 is 10.6 Å². The van der Waals surface area contributed by atoms with Gasteiger partial charge >= 0.3 is 0 Å². The van der Waals surface area contributed by atoms with Crippen molar-refractivity contribution in [2.75, 3.05) is 6.54 Å². The zero-order valence-corrected chi connectivity index (χ0v) is 14.8. The minimum atomic E-state index is -0.0645. The van der Waals surface area contributed by atoms with Crippen molar-refractivity contribution in [3.8, 4) is 0 Å². The van der Waals surface area contributed by atoms with E-state index in [1.807, 2.05) is 20.8 Å². The quantitative estimate of drug-likeness (QED) is 0.652. The lowest BCUT2D eigenvalue weighted by molar-refractivity contribution is -0.127. The predicted octanol–water partition coefficient (Wildman–Crippen LogP) is 2.77. The van der Waals surface area contributed by atoms with Crippen LogP contribution < -0.4 is 10.6 Å². The Balaban J connectivity index is 4.49. The molecule has 2 unspecified atom stereocenters. The minimum Gasteiger partial charge on any atom is -0.356 e. The molecule has 0 aliphatic rings. The smallest absolute Gasteiger partial charge is 0.220 e. The summed E-state index contributed by atoms with van der Waals surface area (Å²) >= 11 is 0. The highest BCUT2D eigenvalue weighted by atomic mass is 16.1. The number of hydrogen-bond donors (Lipinski definition) is 2. The van der Waals surface area contributed by atoms with Gasteiger partial charge in [-0.3, -0.25) is 9.59 Å². The Labute approximate surface area is 130 Å². The number of Topliss-reactive ketones (excluding diaryl/α,β-unsaturated/α-hetero) is 1. The van der Waals surface area contributed by atoms with Gasteiger partial charge in [-0.1, -0.05) is 48.5 Å². The maximum absolute atomic E-state index is 12.2. The van der Waals surface area contributed by atoms with Gasteiger partial charge in [0, 0.05) is 36.9 Å². The molecule has 0 aliphatic heterocycles. The van der Waals surface area contributed by atoms with Crippen molar-refractivity contribution in [3.63, 3.8) is 0 Å². The van der Waals surface area contributed by atoms with Crippen LogP contribution in [-0.4, -0.2) is 30.3 Å². The maximum Gasteiger partial charge on any atom is 0.220 e. The van der Waals surface area contributed by atoms with Crippen LogP contribution in [0.2, 0.25) is 0 Å². The van der Waals surface area contributed by atoms with Crippen molar-refractivity contribution in [2.45, 2.75) is 73.4 Å². The molecule has 0 aromatic heterocycles. The lowest BCUT2D eigenvalue weighted by atomic mass is 9.87. The van der Waals surface area contributed by atoms with Crippen LogP contribution >= 0.6 is 0 Å². The standard InChI is InChI=1S/C17H34N2O2/c1-11(2)10-18-16(20)9-8-15(19-13(5)6)14(7)17(21)12(3)4/h11-15,19H,8-10H2,1-7H3,(H,18,20). The molecule has 0 aliphatic carbocycles. The highest BCUT2D eigenvalue weighted by Gasteiger charge is 2.26. The molecule has 4 heteroatoms. The Bertz CT molecular complexity index is 325. The molecular formula is C17H34N2O2. The molecule has 21 heavy (non-hydrogen) atoms. The number of amides is 1. The van der Waals surface area contributed by atoms with Crippen LogP contribution in [0.25, 0.3) is 0 Å². The number of ketones is 1. The third kappa shape index (κ3) is 8.86. The number of carbonyl (C=O) groups is 2. The number of nitrogens with one attached hydrogen (secondary N) is 2. The largest absolute Gasteiger partial charge is 0.356 e. The Morgan fingerprint density at radius 2 is 1.52 bits per heavy atom. The summed E-state index contributed by atoms with van der Waals surface area (Å²) in [5, 5.41) is 6.36. The normalized spacial score (nSPS) is 14.6. The summed E-state index contributed by atoms with van der Waals surface area (Å²) in [5.41, 5.74) is 0. The van der Waals surface area contributed by atoms with E-state index in [0.29, 0.717) is 31.3 Å². The molecule has 0 saturated heterocycles. The summed E-state index contributed by atoms with van der Waals surface area (Å²) in [5.74, 6) is 0.760. The highest BCUT2D eigenvalue weighted by molar-refractivity contribution is 5.83. The van der Waals surface area contributed by atoms with Crippen LogP contribution in [0.1, 0.15) is 61.3 Å². The Morgan fingerprint density at radius 3 is 1.95 bits per heavy atom. The van der Waals surface area contributed by atoms with Gasteiger partial charge in [0.2, 0.25) is 5.91 Å². The first kappa shape index (κ1) is 20.1. The zero-order chi connectivity index (χ0) is 16.6. The lowest BCUT2D eigenvalue weighted by Crippen LogP contribution is -2.44. The zero-order valence-electron chi connectivity index (χ0n) is 14.8. The van der Waals surface area contributed by atoms with E-state index < -0.39 is 0 Å². The molecule has 0 radical (unpaired) electrons. The summed E-state index contributed by atoms with van der Waals surface area (Å²) in [6, 6.07) is 0.362. The molecule has 0 bridgehead atoms. The van der Waals surface area contributed by atoms with Gasteiger partial charge in [-0.15, -0.1) is 0 Å². The van der Waals surface area contributed by atoms with E-state index in [1.165, 1.54) is 0 Å². The van der Waals surface area contributed by atoms with Crippen LogP contribution in [0, 0.1) is 17.8 Å². The molecule has 0 rings (SSSR count). The van der Waals surface area contributed by atoms with E-state index in [-0.39, 0.29) is 29.6 Å². The molecule has 0 heterocycles. The molecule has 0 aromatic rings. The van der Waals surface area contributed by atoms with E-state index in [4.69, 9.17) is 0 Å². The summed E-state index contributed by atoms with van der Waals surface area (Å²) < 4.78 is 0. The van der Waals surface area contributed by atoms with Gasteiger partial charge in [0.15, 0.2) is 0 Å². The molecule has 2 atom stereocenters. The third-order valence-corrected chi connectivity index (χ3v) is 3.56. The Hall–Kier alpha value is -0.900. The first-order valence-electron chi connectivity index (χ1n) is 8.21. The van der Waals surface area contributed by atoms with Crippen LogP contribution in [0.5, 0.6) is 0 Å². The van der Waals surface area contributed by atoms with Gasteiger partial charge in [0.05, 0.1) is 0 Å². The summed E-state index contributed by atoms with van der Waals surface area (Å²) in [6.45, 7) is 14.8. The Kier molecular flexibility index (Phi) is 9.51. The van der Waals surface area contributed by atoms with Crippen LogP contribution in [0.15, 0.2) is 0 Å². The molecular weight excluding hydrogens is 264 g/mol. The van der Waals surface area contributed by atoms with E-state index in [1.54, 1.807) is 0 Å². The van der Waals surface area contributed by atoms with E-state index >= 15 is 0 Å². The monoisotopic (exact) mass is 298 g/mol. The van der Waals surface area contributed by atoms with E-state index in [0.717, 1.165) is 0 Å². The third-order valence-electron chi connectivity index (χ3n) is 3.56. The van der Waals surface area contributed by atoms with Crippen LogP contribution in [0.3, 0.4) is 0 Å². The van der Waals surface area contributed by atoms with Crippen molar-refractivity contribution in [2.24, 2.45) is 17.8 Å². The number of hydrogen-bond acceptors (Lipinski definition) is 3. The first-order chi connectivity index (χ1) is 9.65. The van der Waals surface area contributed by atoms with Gasteiger partial charge in [-0.25, -0.2) is 0 Å². The van der Waals surface area contributed by atoms with Crippen molar-refractivity contribution in [1.82, 2.24) is 10.6 Å². The average Bonchev–Trinajstić information content (AvgIpc) is 2.38. The van der Waals surface area contributed by atoms with Crippen molar-refractivity contribution < 1.29 is 9.59 Å². The molecule has 1 amide bonds. The SMILES string of the molecule is CC(C)CNC(=O)CCC(NC(C)C)C(C)C(=O)C(C)C. The molecule has 4 nitrogen and oxygen atoms in total. The summed E-state index contributed by atoms with van der Waals surface area (Å²) in [4.78, 5) is 24.0. The topological polar surface area (TPSA) is 58.2 Å². The predicted molar refractivity (Wildman–Crippen MR) is 88.2 cm³/mol. The fraction of sp³-hybridized carbons (Fsp3) is 0.882. The molecule has 0 aromatic carbocycles. The van der Waals surface area contributed by atoms with Gasteiger partial charge in [-0.2, -0.15) is 0 Å².